The van der Waals surface area contributed by atoms with Gasteiger partial charge in [-0.25, -0.2) is 8.42 Å². The van der Waals surface area contributed by atoms with Crippen LogP contribution in [0.3, 0.4) is 0 Å². The van der Waals surface area contributed by atoms with Gasteiger partial charge in [0.1, 0.15) is 0 Å². The predicted octanol–water partition coefficient (Wildman–Crippen LogP) is 3.05. The molecule has 0 aromatic heterocycles. The van der Waals surface area contributed by atoms with Gasteiger partial charge >= 0.3 is 0 Å². The van der Waals surface area contributed by atoms with E-state index in [1.165, 1.54) is 12.1 Å². The molecule has 1 aromatic carbocycles. The number of benzene rings is 1. The molecule has 0 bridgehead atoms. The van der Waals surface area contributed by atoms with Crippen LogP contribution in [-0.2, 0) is 9.84 Å². The Labute approximate surface area is 91.3 Å². The van der Waals surface area contributed by atoms with Crippen LogP contribution < -0.4 is 0 Å². The van der Waals surface area contributed by atoms with E-state index in [0.717, 1.165) is 6.26 Å². The van der Waals surface area contributed by atoms with Gasteiger partial charge in [0.15, 0.2) is 9.84 Å². The van der Waals surface area contributed by atoms with Gasteiger partial charge in [-0.2, -0.15) is 0 Å². The van der Waals surface area contributed by atoms with E-state index in [-0.39, 0.29) is 20.0 Å². The Hall–Kier alpha value is 0.0400. The lowest BCUT2D eigenvalue weighted by molar-refractivity contribution is 0.602. The number of rotatable bonds is 1. The van der Waals surface area contributed by atoms with E-state index < -0.39 is 9.84 Å². The normalized spacial score (nSPS) is 11.7. The fourth-order valence-corrected chi connectivity index (χ4v) is 2.72. The van der Waals surface area contributed by atoms with E-state index in [1.54, 1.807) is 0 Å². The predicted molar refractivity (Wildman–Crippen MR) is 54.6 cm³/mol. The minimum Gasteiger partial charge on any atom is -0.224 e. The van der Waals surface area contributed by atoms with E-state index in [1.807, 2.05) is 0 Å². The summed E-state index contributed by atoms with van der Waals surface area (Å²) in [6, 6.07) is 2.66. The second-order valence-electron chi connectivity index (χ2n) is 2.47. The molecule has 0 amide bonds. The summed E-state index contributed by atoms with van der Waals surface area (Å²) in [5.41, 5.74) is 0. The first-order valence-corrected chi connectivity index (χ1v) is 6.19. The van der Waals surface area contributed by atoms with Crippen LogP contribution in [0.15, 0.2) is 17.0 Å². The van der Waals surface area contributed by atoms with Crippen molar-refractivity contribution in [3.8, 4) is 0 Å². The van der Waals surface area contributed by atoms with Crippen LogP contribution in [0.1, 0.15) is 0 Å². The van der Waals surface area contributed by atoms with E-state index in [0.29, 0.717) is 0 Å². The van der Waals surface area contributed by atoms with Crippen molar-refractivity contribution in [3.05, 3.63) is 27.2 Å². The molecular weight excluding hydrogens is 255 g/mol. The Morgan fingerprint density at radius 2 is 1.69 bits per heavy atom. The second kappa shape index (κ2) is 3.65. The number of hydrogen-bond acceptors (Lipinski definition) is 2. The topological polar surface area (TPSA) is 34.1 Å². The van der Waals surface area contributed by atoms with E-state index in [9.17, 15) is 8.42 Å². The maximum Gasteiger partial charge on any atom is 0.177 e. The van der Waals surface area contributed by atoms with E-state index in [4.69, 9.17) is 34.8 Å². The summed E-state index contributed by atoms with van der Waals surface area (Å²) in [6.45, 7) is 0. The molecule has 0 saturated carbocycles. The van der Waals surface area contributed by atoms with Gasteiger partial charge in [-0.05, 0) is 12.1 Å². The Kier molecular flexibility index (Phi) is 3.12. The highest BCUT2D eigenvalue weighted by molar-refractivity contribution is 7.90. The number of sulfone groups is 1. The van der Waals surface area contributed by atoms with Gasteiger partial charge in [0.05, 0.1) is 14.9 Å². The number of hydrogen-bond donors (Lipinski definition) is 0. The van der Waals surface area contributed by atoms with Gasteiger partial charge in [-0.1, -0.05) is 34.8 Å². The van der Waals surface area contributed by atoms with Crippen LogP contribution in [0.25, 0.3) is 0 Å². The highest BCUT2D eigenvalue weighted by Gasteiger charge is 2.15. The summed E-state index contributed by atoms with van der Waals surface area (Å²) in [6.07, 6.45) is 1.04. The fourth-order valence-electron chi connectivity index (χ4n) is 0.802. The molecular formula is C7H5Cl3O2S. The van der Waals surface area contributed by atoms with E-state index in [2.05, 4.69) is 0 Å². The lowest BCUT2D eigenvalue weighted by Crippen LogP contribution is -1.98. The summed E-state index contributed by atoms with van der Waals surface area (Å²) < 4.78 is 22.3. The van der Waals surface area contributed by atoms with Gasteiger partial charge in [0.25, 0.3) is 0 Å². The molecule has 0 unspecified atom stereocenters. The molecule has 0 radical (unpaired) electrons. The number of halogens is 3. The molecule has 0 aliphatic heterocycles. The quantitative estimate of drug-likeness (QED) is 0.727. The van der Waals surface area contributed by atoms with Crippen molar-refractivity contribution in [1.29, 1.82) is 0 Å². The SMILES string of the molecule is CS(=O)(=O)c1cc(Cl)cc(Cl)c1Cl. The minimum absolute atomic E-state index is 0.00793. The van der Waals surface area contributed by atoms with Gasteiger partial charge in [0.2, 0.25) is 0 Å². The van der Waals surface area contributed by atoms with Crippen LogP contribution in [0.5, 0.6) is 0 Å². The van der Waals surface area contributed by atoms with Crippen molar-refractivity contribution in [2.75, 3.05) is 6.26 Å². The maximum atomic E-state index is 11.2. The molecule has 1 aromatic rings. The van der Waals surface area contributed by atoms with Gasteiger partial charge in [-0.15, -0.1) is 0 Å². The highest BCUT2D eigenvalue weighted by atomic mass is 35.5. The molecule has 0 fully saturated rings. The fraction of sp³-hybridized carbons (Fsp3) is 0.143. The smallest absolute Gasteiger partial charge is 0.177 e. The van der Waals surface area contributed by atoms with Crippen molar-refractivity contribution >= 4 is 44.6 Å². The molecule has 0 saturated heterocycles. The average Bonchev–Trinajstić information content (AvgIpc) is 1.94. The van der Waals surface area contributed by atoms with Gasteiger partial charge < -0.3 is 0 Å². The first-order chi connectivity index (χ1) is 5.82. The standard InChI is InChI=1S/C7H5Cl3O2S/c1-13(11,12)6-3-4(8)2-5(9)7(6)10/h2-3H,1H3. The van der Waals surface area contributed by atoms with Crippen LogP contribution in [0, 0.1) is 0 Å². The Balaban J connectivity index is 3.56. The minimum atomic E-state index is -3.38. The Morgan fingerprint density at radius 3 is 2.15 bits per heavy atom. The molecule has 2 nitrogen and oxygen atoms in total. The molecule has 13 heavy (non-hydrogen) atoms. The lowest BCUT2D eigenvalue weighted by Gasteiger charge is -2.03. The first-order valence-electron chi connectivity index (χ1n) is 3.17. The van der Waals surface area contributed by atoms with Crippen molar-refractivity contribution in [2.45, 2.75) is 4.90 Å². The third-order valence-electron chi connectivity index (χ3n) is 1.36. The summed E-state index contributed by atoms with van der Waals surface area (Å²) in [7, 11) is -3.38. The molecule has 0 spiro atoms. The van der Waals surface area contributed by atoms with Crippen LogP contribution in [-0.4, -0.2) is 14.7 Å². The second-order valence-corrected chi connectivity index (χ2v) is 5.68. The zero-order chi connectivity index (χ0) is 10.2. The van der Waals surface area contributed by atoms with Crippen LogP contribution in [0.2, 0.25) is 15.1 Å². The van der Waals surface area contributed by atoms with Crippen molar-refractivity contribution in [1.82, 2.24) is 0 Å². The summed E-state index contributed by atoms with van der Waals surface area (Å²) >= 11 is 16.9. The zero-order valence-corrected chi connectivity index (χ0v) is 9.60. The third-order valence-corrected chi connectivity index (χ3v) is 3.61. The maximum absolute atomic E-state index is 11.2. The molecule has 6 heteroatoms. The molecule has 0 N–H and O–H groups in total. The van der Waals surface area contributed by atoms with Crippen LogP contribution >= 0.6 is 34.8 Å². The molecule has 0 aliphatic rings. The summed E-state index contributed by atoms with van der Waals surface area (Å²) in [5.74, 6) is 0. The largest absolute Gasteiger partial charge is 0.224 e. The lowest BCUT2D eigenvalue weighted by atomic mass is 10.4. The molecule has 1 rings (SSSR count). The molecule has 72 valence electrons. The summed E-state index contributed by atoms with van der Waals surface area (Å²) in [5, 5.41) is 0.387. The van der Waals surface area contributed by atoms with Gasteiger partial charge in [0, 0.05) is 11.3 Å². The molecule has 0 aliphatic carbocycles. The van der Waals surface area contributed by atoms with E-state index >= 15 is 0 Å². The third kappa shape index (κ3) is 2.50. The zero-order valence-electron chi connectivity index (χ0n) is 6.51. The van der Waals surface area contributed by atoms with Crippen LogP contribution in [0.4, 0.5) is 0 Å². The average molecular weight is 260 g/mol. The first kappa shape index (κ1) is 11.1. The Bertz CT molecular complexity index is 439. The van der Waals surface area contributed by atoms with Crippen molar-refractivity contribution in [3.63, 3.8) is 0 Å². The Morgan fingerprint density at radius 1 is 1.15 bits per heavy atom. The molecule has 0 heterocycles. The van der Waals surface area contributed by atoms with Crippen molar-refractivity contribution < 1.29 is 8.42 Å². The molecule has 0 atom stereocenters. The van der Waals surface area contributed by atoms with Crippen molar-refractivity contribution in [2.24, 2.45) is 0 Å². The highest BCUT2D eigenvalue weighted by Crippen LogP contribution is 2.32. The monoisotopic (exact) mass is 258 g/mol. The van der Waals surface area contributed by atoms with Gasteiger partial charge in [-0.3, -0.25) is 0 Å². The summed E-state index contributed by atoms with van der Waals surface area (Å²) in [4.78, 5) is -0.0494.